The number of aryl methyl sites for hydroxylation is 1. The van der Waals surface area contributed by atoms with Crippen molar-refractivity contribution in [2.45, 2.75) is 36.9 Å². The number of benzene rings is 1. The van der Waals surface area contributed by atoms with Crippen molar-refractivity contribution in [1.82, 2.24) is 14.9 Å². The van der Waals surface area contributed by atoms with E-state index in [1.807, 2.05) is 19.1 Å². The number of carbonyl (C=O) groups excluding carboxylic acids is 1. The smallest absolute Gasteiger partial charge is 0.251 e. The highest BCUT2D eigenvalue weighted by molar-refractivity contribution is 7.89. The molecule has 2 bridgehead atoms. The summed E-state index contributed by atoms with van der Waals surface area (Å²) in [6, 6.07) is 10.0. The average molecular weight is 375 g/mol. The number of hydrogen-bond acceptors (Lipinski definition) is 5. The predicted molar refractivity (Wildman–Crippen MR) is 95.1 cm³/mol. The fraction of sp³-hybridized carbons (Fsp3) is 0.389. The second kappa shape index (κ2) is 6.53. The second-order valence-corrected chi connectivity index (χ2v) is 8.68. The molecule has 1 aromatic heterocycles. The number of fused-ring (bicyclic) bond motifs is 2. The van der Waals surface area contributed by atoms with Gasteiger partial charge in [-0.1, -0.05) is 0 Å². The van der Waals surface area contributed by atoms with Crippen molar-refractivity contribution >= 4 is 15.9 Å². The molecule has 2 aliphatic heterocycles. The van der Waals surface area contributed by atoms with Gasteiger partial charge in [0.05, 0.1) is 11.4 Å². The van der Waals surface area contributed by atoms with Crippen LogP contribution in [-0.4, -0.2) is 43.8 Å². The first-order valence-corrected chi connectivity index (χ1v) is 10.1. The van der Waals surface area contributed by atoms with Gasteiger partial charge in [-0.15, -0.1) is 0 Å². The Hall–Kier alpha value is -2.16. The molecule has 0 saturated carbocycles. The number of nitrogens with zero attached hydrogens (tertiary/aromatic N) is 1. The van der Waals surface area contributed by atoms with Crippen LogP contribution in [0.15, 0.2) is 45.7 Å². The Morgan fingerprint density at radius 2 is 2.04 bits per heavy atom. The van der Waals surface area contributed by atoms with Crippen LogP contribution in [0, 0.1) is 6.92 Å². The summed E-state index contributed by atoms with van der Waals surface area (Å²) in [5.74, 6) is 1.19. The molecular formula is C18H21N3O4S. The van der Waals surface area contributed by atoms with Crippen molar-refractivity contribution < 1.29 is 17.6 Å². The van der Waals surface area contributed by atoms with Gasteiger partial charge in [0.25, 0.3) is 5.91 Å². The molecule has 2 aliphatic rings. The molecule has 3 heterocycles. The number of amides is 1. The van der Waals surface area contributed by atoms with Crippen molar-refractivity contribution in [1.29, 1.82) is 0 Å². The molecule has 4 rings (SSSR count). The molecule has 0 spiro atoms. The minimum absolute atomic E-state index is 0.0322. The molecule has 2 atom stereocenters. The average Bonchev–Trinajstić information content (AvgIpc) is 3.37. The molecule has 2 aromatic rings. The summed E-state index contributed by atoms with van der Waals surface area (Å²) in [6.45, 7) is 3.34. The second-order valence-electron chi connectivity index (χ2n) is 6.79. The van der Waals surface area contributed by atoms with Crippen LogP contribution in [0.1, 0.15) is 28.3 Å². The molecule has 138 valence electrons. The largest absolute Gasteiger partial charge is 0.465 e. The Bertz CT molecular complexity index is 920. The number of hydrogen-bond donors (Lipinski definition) is 2. The van der Waals surface area contributed by atoms with Crippen LogP contribution >= 0.6 is 0 Å². The van der Waals surface area contributed by atoms with E-state index >= 15 is 0 Å². The van der Waals surface area contributed by atoms with E-state index in [1.54, 1.807) is 16.4 Å². The van der Waals surface area contributed by atoms with Crippen molar-refractivity contribution in [3.05, 3.63) is 53.5 Å². The molecule has 26 heavy (non-hydrogen) atoms. The Morgan fingerprint density at radius 1 is 1.27 bits per heavy atom. The van der Waals surface area contributed by atoms with E-state index in [-0.39, 0.29) is 29.4 Å². The third-order valence-corrected chi connectivity index (χ3v) is 6.88. The molecule has 0 radical (unpaired) electrons. The summed E-state index contributed by atoms with van der Waals surface area (Å²) in [6.07, 6.45) is 0.867. The molecule has 2 fully saturated rings. The van der Waals surface area contributed by atoms with Crippen LogP contribution in [-0.2, 0) is 16.6 Å². The summed E-state index contributed by atoms with van der Waals surface area (Å²) in [5, 5.41) is 6.06. The van der Waals surface area contributed by atoms with Crippen molar-refractivity contribution in [2.24, 2.45) is 0 Å². The predicted octanol–water partition coefficient (Wildman–Crippen LogP) is 1.25. The molecule has 2 N–H and O–H groups in total. The van der Waals surface area contributed by atoms with Gasteiger partial charge in [0.2, 0.25) is 10.0 Å². The van der Waals surface area contributed by atoms with Crippen LogP contribution in [0.25, 0.3) is 0 Å². The van der Waals surface area contributed by atoms with Gasteiger partial charge in [-0.05, 0) is 49.7 Å². The maximum Gasteiger partial charge on any atom is 0.251 e. The Morgan fingerprint density at radius 3 is 2.62 bits per heavy atom. The first-order chi connectivity index (χ1) is 12.4. The lowest BCUT2D eigenvalue weighted by Crippen LogP contribution is -2.46. The van der Waals surface area contributed by atoms with Crippen LogP contribution in [0.2, 0.25) is 0 Å². The van der Waals surface area contributed by atoms with Gasteiger partial charge in [0.15, 0.2) is 0 Å². The van der Waals surface area contributed by atoms with E-state index in [1.165, 1.54) is 12.1 Å². The van der Waals surface area contributed by atoms with Gasteiger partial charge < -0.3 is 15.1 Å². The zero-order valence-electron chi connectivity index (χ0n) is 14.4. The summed E-state index contributed by atoms with van der Waals surface area (Å²) in [7, 11) is -3.52. The number of carbonyl (C=O) groups is 1. The minimum Gasteiger partial charge on any atom is -0.465 e. The van der Waals surface area contributed by atoms with Crippen LogP contribution in [0.4, 0.5) is 0 Å². The molecular weight excluding hydrogens is 354 g/mol. The van der Waals surface area contributed by atoms with Crippen molar-refractivity contribution in [2.75, 3.05) is 13.1 Å². The zero-order valence-corrected chi connectivity index (χ0v) is 15.3. The van der Waals surface area contributed by atoms with Gasteiger partial charge in [-0.2, -0.15) is 4.31 Å². The summed E-state index contributed by atoms with van der Waals surface area (Å²) >= 11 is 0. The SMILES string of the molecule is Cc1ccc(CNC(=O)c2ccc(S(=O)(=O)N3C[C@@H]4C[C@H]3CN4)cc2)o1. The monoisotopic (exact) mass is 375 g/mol. The van der Waals surface area contributed by atoms with E-state index in [0.717, 1.165) is 12.2 Å². The lowest BCUT2D eigenvalue weighted by molar-refractivity contribution is 0.0947. The Labute approximate surface area is 152 Å². The number of rotatable bonds is 5. The summed E-state index contributed by atoms with van der Waals surface area (Å²) in [5.41, 5.74) is 0.414. The Kier molecular flexibility index (Phi) is 4.34. The van der Waals surface area contributed by atoms with Crippen LogP contribution in [0.5, 0.6) is 0 Å². The highest BCUT2D eigenvalue weighted by atomic mass is 32.2. The van der Waals surface area contributed by atoms with Crippen molar-refractivity contribution in [3.63, 3.8) is 0 Å². The highest BCUT2D eigenvalue weighted by Crippen LogP contribution is 2.29. The number of nitrogens with one attached hydrogen (secondary N) is 2. The first-order valence-electron chi connectivity index (χ1n) is 8.62. The van der Waals surface area contributed by atoms with E-state index in [9.17, 15) is 13.2 Å². The van der Waals surface area contributed by atoms with Crippen LogP contribution in [0.3, 0.4) is 0 Å². The first kappa shape index (κ1) is 17.3. The van der Waals surface area contributed by atoms with Crippen LogP contribution < -0.4 is 10.6 Å². The fourth-order valence-electron chi connectivity index (χ4n) is 3.58. The van der Waals surface area contributed by atoms with E-state index in [4.69, 9.17) is 4.42 Å². The Balaban J connectivity index is 1.43. The van der Waals surface area contributed by atoms with Gasteiger partial charge in [0, 0.05) is 30.7 Å². The highest BCUT2D eigenvalue weighted by Gasteiger charge is 2.44. The number of piperazine rings is 1. The molecule has 7 nitrogen and oxygen atoms in total. The maximum atomic E-state index is 12.8. The minimum atomic E-state index is -3.52. The zero-order chi connectivity index (χ0) is 18.3. The third kappa shape index (κ3) is 3.15. The molecule has 2 saturated heterocycles. The summed E-state index contributed by atoms with van der Waals surface area (Å²) in [4.78, 5) is 12.5. The number of sulfonamides is 1. The molecule has 8 heteroatoms. The maximum absolute atomic E-state index is 12.8. The lowest BCUT2D eigenvalue weighted by Gasteiger charge is -2.26. The summed E-state index contributed by atoms with van der Waals surface area (Å²) < 4.78 is 32.6. The molecule has 1 amide bonds. The van der Waals surface area contributed by atoms with Gasteiger partial charge >= 0.3 is 0 Å². The molecule has 1 aromatic carbocycles. The van der Waals surface area contributed by atoms with Gasteiger partial charge in [-0.25, -0.2) is 8.42 Å². The fourth-order valence-corrected chi connectivity index (χ4v) is 5.26. The van der Waals surface area contributed by atoms with Gasteiger partial charge in [-0.3, -0.25) is 4.79 Å². The van der Waals surface area contributed by atoms with E-state index < -0.39 is 10.0 Å². The topological polar surface area (TPSA) is 91.7 Å². The number of furan rings is 1. The van der Waals surface area contributed by atoms with E-state index in [0.29, 0.717) is 24.4 Å². The quantitative estimate of drug-likeness (QED) is 0.821. The van der Waals surface area contributed by atoms with Gasteiger partial charge in [0.1, 0.15) is 11.5 Å². The standard InChI is InChI=1S/C18H21N3O4S/c1-12-2-5-16(25-12)10-20-18(22)13-3-6-17(7-4-13)26(23,24)21-11-14-8-15(21)9-19-14/h2-7,14-15,19H,8-11H2,1H3,(H,20,22)/t14-,15-/m0/s1. The van der Waals surface area contributed by atoms with Crippen molar-refractivity contribution in [3.8, 4) is 0 Å². The van der Waals surface area contributed by atoms with E-state index in [2.05, 4.69) is 10.6 Å². The third-order valence-electron chi connectivity index (χ3n) is 4.95. The normalized spacial score (nSPS) is 22.7. The lowest BCUT2D eigenvalue weighted by atomic mass is 10.2. The molecule has 0 unspecified atom stereocenters. The molecule has 0 aliphatic carbocycles.